The maximum absolute atomic E-state index is 12.2. The van der Waals surface area contributed by atoms with Gasteiger partial charge in [0.05, 0.1) is 0 Å². The lowest BCUT2D eigenvalue weighted by molar-refractivity contribution is 0.266. The molecule has 84 valence electrons. The summed E-state index contributed by atoms with van der Waals surface area (Å²) in [4.78, 5) is 1.55. The molecule has 1 saturated heterocycles. The van der Waals surface area contributed by atoms with Gasteiger partial charge in [0.15, 0.2) is 0 Å². The van der Waals surface area contributed by atoms with E-state index in [0.29, 0.717) is 13.1 Å². The van der Waals surface area contributed by atoms with E-state index in [0.717, 1.165) is 19.3 Å². The number of hydrogen-bond donors (Lipinski definition) is 0. The molecule has 14 heavy (non-hydrogen) atoms. The van der Waals surface area contributed by atoms with Crippen LogP contribution in [0.2, 0.25) is 0 Å². The molecule has 1 nitrogen and oxygen atoms in total. The van der Waals surface area contributed by atoms with Gasteiger partial charge in [-0.15, -0.1) is 0 Å². The number of halogens is 3. The largest absolute Gasteiger partial charge is 0.492 e. The summed E-state index contributed by atoms with van der Waals surface area (Å²) >= 11 is 0. The van der Waals surface area contributed by atoms with Crippen molar-refractivity contribution in [2.75, 3.05) is 19.5 Å². The average molecular weight is 208 g/mol. The van der Waals surface area contributed by atoms with Crippen LogP contribution >= 0.6 is 0 Å². The minimum Gasteiger partial charge on any atom is -0.448 e. The van der Waals surface area contributed by atoms with Gasteiger partial charge in [-0.25, -0.2) is 0 Å². The smallest absolute Gasteiger partial charge is 0.448 e. The van der Waals surface area contributed by atoms with E-state index in [-0.39, 0.29) is 5.41 Å². The van der Waals surface area contributed by atoms with Crippen molar-refractivity contribution in [2.24, 2.45) is 5.41 Å². The lowest BCUT2D eigenvalue weighted by atomic mass is 9.85. The second kappa shape index (κ2) is 4.13. The van der Waals surface area contributed by atoms with Crippen LogP contribution in [-0.2, 0) is 0 Å². The summed E-state index contributed by atoms with van der Waals surface area (Å²) in [6, 6.07) is 0. The van der Waals surface area contributed by atoms with E-state index in [9.17, 15) is 12.9 Å². The summed E-state index contributed by atoms with van der Waals surface area (Å²) in [6.07, 6.45) is 2.11. The first-order valence-electron chi connectivity index (χ1n) is 5.22. The lowest BCUT2D eigenvalue weighted by Crippen LogP contribution is -2.38. The van der Waals surface area contributed by atoms with Gasteiger partial charge in [-0.05, 0) is 44.2 Å². The van der Waals surface area contributed by atoms with E-state index in [1.165, 1.54) is 0 Å². The van der Waals surface area contributed by atoms with Crippen LogP contribution in [0.1, 0.15) is 33.1 Å². The maximum Gasteiger partial charge on any atom is 0.492 e. The standard InChI is InChI=1S/C9H18BF3N/c1-9(2)4-3-6-14(7-5-9)8-10(11,12)13/h3-8H2,1-2H3/q-1. The van der Waals surface area contributed by atoms with Crippen molar-refractivity contribution < 1.29 is 12.9 Å². The Morgan fingerprint density at radius 1 is 1.14 bits per heavy atom. The van der Waals surface area contributed by atoms with Crippen molar-refractivity contribution in [1.29, 1.82) is 0 Å². The first kappa shape index (κ1) is 11.9. The van der Waals surface area contributed by atoms with E-state index in [1.807, 2.05) is 0 Å². The fraction of sp³-hybridized carbons (Fsp3) is 1.00. The van der Waals surface area contributed by atoms with Crippen molar-refractivity contribution in [1.82, 2.24) is 4.90 Å². The third-order valence-corrected chi connectivity index (χ3v) is 2.90. The zero-order valence-corrected chi connectivity index (χ0v) is 8.90. The number of nitrogens with zero attached hydrogens (tertiary/aromatic N) is 1. The topological polar surface area (TPSA) is 3.24 Å². The van der Waals surface area contributed by atoms with Crippen molar-refractivity contribution >= 4 is 6.98 Å². The van der Waals surface area contributed by atoms with Crippen LogP contribution in [0.4, 0.5) is 12.9 Å². The predicted molar refractivity (Wildman–Crippen MR) is 53.2 cm³/mol. The molecule has 0 bridgehead atoms. The summed E-state index contributed by atoms with van der Waals surface area (Å²) in [7, 11) is 0. The molecule has 0 N–H and O–H groups in total. The van der Waals surface area contributed by atoms with Gasteiger partial charge in [-0.1, -0.05) is 13.8 Å². The van der Waals surface area contributed by atoms with Gasteiger partial charge >= 0.3 is 6.98 Å². The van der Waals surface area contributed by atoms with Crippen LogP contribution < -0.4 is 0 Å². The lowest BCUT2D eigenvalue weighted by Gasteiger charge is -2.27. The molecule has 0 unspecified atom stereocenters. The van der Waals surface area contributed by atoms with Gasteiger partial charge in [0.1, 0.15) is 0 Å². The molecule has 0 saturated carbocycles. The van der Waals surface area contributed by atoms with Crippen molar-refractivity contribution in [3.05, 3.63) is 0 Å². The highest BCUT2D eigenvalue weighted by Crippen LogP contribution is 2.30. The molecular formula is C9H18BF3N-. The fourth-order valence-electron chi connectivity index (χ4n) is 1.95. The molecule has 0 aromatic heterocycles. The predicted octanol–water partition coefficient (Wildman–Crippen LogP) is 2.89. The highest BCUT2D eigenvalue weighted by molar-refractivity contribution is 6.58. The van der Waals surface area contributed by atoms with E-state index in [2.05, 4.69) is 13.8 Å². The van der Waals surface area contributed by atoms with Gasteiger partial charge in [0.2, 0.25) is 0 Å². The normalized spacial score (nSPS) is 24.6. The third kappa shape index (κ3) is 4.35. The van der Waals surface area contributed by atoms with E-state index >= 15 is 0 Å². The zero-order chi connectivity index (χ0) is 10.8. The molecule has 0 aromatic rings. The summed E-state index contributed by atoms with van der Waals surface area (Å²) in [5.74, 6) is 0. The Hall–Kier alpha value is -0.185. The molecule has 0 aliphatic carbocycles. The molecule has 1 heterocycles. The van der Waals surface area contributed by atoms with Crippen LogP contribution in [0.3, 0.4) is 0 Å². The molecule has 1 fully saturated rings. The average Bonchev–Trinajstić information content (AvgIpc) is 2.10. The van der Waals surface area contributed by atoms with E-state index in [1.54, 1.807) is 4.90 Å². The van der Waals surface area contributed by atoms with Gasteiger partial charge < -0.3 is 17.8 Å². The van der Waals surface area contributed by atoms with Crippen molar-refractivity contribution in [2.45, 2.75) is 33.1 Å². The molecular weight excluding hydrogens is 190 g/mol. The zero-order valence-electron chi connectivity index (χ0n) is 8.90. The number of likely N-dealkylation sites (tertiary alicyclic amines) is 1. The fourth-order valence-corrected chi connectivity index (χ4v) is 1.95. The molecule has 1 rings (SSSR count). The Labute approximate surface area is 83.7 Å². The van der Waals surface area contributed by atoms with E-state index in [4.69, 9.17) is 0 Å². The Bertz CT molecular complexity index is 191. The summed E-state index contributed by atoms with van der Waals surface area (Å²) < 4.78 is 36.6. The molecule has 0 atom stereocenters. The molecule has 0 amide bonds. The Morgan fingerprint density at radius 3 is 2.36 bits per heavy atom. The SMILES string of the molecule is CC1(C)CCCN(C[B-](F)(F)F)CC1. The second-order valence-corrected chi connectivity index (χ2v) is 5.03. The number of hydrogen-bond acceptors (Lipinski definition) is 1. The summed E-state index contributed by atoms with van der Waals surface area (Å²) in [5, 5.41) is 0. The Kier molecular flexibility index (Phi) is 3.51. The first-order chi connectivity index (χ1) is 6.29. The van der Waals surface area contributed by atoms with E-state index < -0.39 is 13.4 Å². The Balaban J connectivity index is 2.43. The number of rotatable bonds is 2. The Morgan fingerprint density at radius 2 is 1.79 bits per heavy atom. The van der Waals surface area contributed by atoms with Crippen LogP contribution in [0, 0.1) is 5.41 Å². The molecule has 0 spiro atoms. The first-order valence-corrected chi connectivity index (χ1v) is 5.22. The van der Waals surface area contributed by atoms with Crippen LogP contribution in [0.25, 0.3) is 0 Å². The van der Waals surface area contributed by atoms with Crippen molar-refractivity contribution in [3.63, 3.8) is 0 Å². The molecule has 0 radical (unpaired) electrons. The van der Waals surface area contributed by atoms with Crippen molar-refractivity contribution in [3.8, 4) is 0 Å². The van der Waals surface area contributed by atoms with Crippen LogP contribution in [0.15, 0.2) is 0 Å². The molecule has 1 aliphatic rings. The molecule has 5 heteroatoms. The quantitative estimate of drug-likeness (QED) is 0.630. The molecule has 1 aliphatic heterocycles. The summed E-state index contributed by atoms with van der Waals surface area (Å²) in [6.45, 7) is 0.811. The van der Waals surface area contributed by atoms with Gasteiger partial charge in [0.25, 0.3) is 0 Å². The highest BCUT2D eigenvalue weighted by atomic mass is 19.4. The van der Waals surface area contributed by atoms with Crippen LogP contribution in [0.5, 0.6) is 0 Å². The van der Waals surface area contributed by atoms with Gasteiger partial charge in [0, 0.05) is 0 Å². The minimum absolute atomic E-state index is 0.216. The second-order valence-electron chi connectivity index (χ2n) is 5.03. The van der Waals surface area contributed by atoms with Gasteiger partial charge in [-0.2, -0.15) is 0 Å². The third-order valence-electron chi connectivity index (χ3n) is 2.90. The van der Waals surface area contributed by atoms with Crippen LogP contribution in [-0.4, -0.2) is 31.4 Å². The maximum atomic E-state index is 12.2. The summed E-state index contributed by atoms with van der Waals surface area (Å²) in [5.41, 5.74) is 0.216. The molecule has 0 aromatic carbocycles. The van der Waals surface area contributed by atoms with Gasteiger partial charge in [-0.3, -0.25) is 0 Å². The highest BCUT2D eigenvalue weighted by Gasteiger charge is 2.29. The minimum atomic E-state index is -4.65. The monoisotopic (exact) mass is 208 g/mol.